The molecule has 1 unspecified atom stereocenters. The predicted molar refractivity (Wildman–Crippen MR) is 134 cm³/mol. The highest BCUT2D eigenvalue weighted by Crippen LogP contribution is 2.39. The van der Waals surface area contributed by atoms with Crippen LogP contribution in [0.3, 0.4) is 0 Å². The number of hydrogen-bond donors (Lipinski definition) is 1. The number of hydrogen-bond acceptors (Lipinski definition) is 8. The maximum absolute atomic E-state index is 13.4. The molecule has 1 aromatic heterocycles. The molecule has 3 heterocycles. The van der Waals surface area contributed by atoms with Crippen molar-refractivity contribution in [1.82, 2.24) is 9.88 Å². The van der Waals surface area contributed by atoms with Gasteiger partial charge in [0.25, 0.3) is 5.91 Å². The molecule has 35 heavy (non-hydrogen) atoms. The number of carbonyl (C=O) groups is 2. The van der Waals surface area contributed by atoms with E-state index in [4.69, 9.17) is 14.6 Å². The van der Waals surface area contributed by atoms with Crippen LogP contribution >= 0.6 is 0 Å². The Kier molecular flexibility index (Phi) is 8.24. The molecule has 1 saturated heterocycles. The zero-order valence-corrected chi connectivity index (χ0v) is 20.6. The van der Waals surface area contributed by atoms with E-state index in [1.165, 1.54) is 0 Å². The fourth-order valence-corrected chi connectivity index (χ4v) is 4.26. The maximum Gasteiger partial charge on any atom is 0.344 e. The lowest BCUT2D eigenvalue weighted by Crippen LogP contribution is -2.44. The maximum atomic E-state index is 13.4. The Morgan fingerprint density at radius 2 is 2.09 bits per heavy atom. The van der Waals surface area contributed by atoms with E-state index in [-0.39, 0.29) is 17.9 Å². The zero-order chi connectivity index (χ0) is 25.6. The molecule has 9 nitrogen and oxygen atoms in total. The van der Waals surface area contributed by atoms with E-state index in [0.29, 0.717) is 29.9 Å². The van der Waals surface area contributed by atoms with E-state index in [2.05, 4.69) is 16.7 Å². The van der Waals surface area contributed by atoms with Gasteiger partial charge in [-0.15, -0.1) is 0 Å². The summed E-state index contributed by atoms with van der Waals surface area (Å²) in [6.45, 7) is 8.35. The summed E-state index contributed by atoms with van der Waals surface area (Å²) >= 11 is 0. The van der Waals surface area contributed by atoms with Crippen LogP contribution in [0.15, 0.2) is 54.3 Å². The Bertz CT molecular complexity index is 1110. The number of ether oxygens (including phenoxy) is 2. The average molecular weight is 481 g/mol. The highest BCUT2D eigenvalue weighted by Gasteiger charge is 2.41. The van der Waals surface area contributed by atoms with Crippen molar-refractivity contribution >= 4 is 23.8 Å². The minimum absolute atomic E-state index is 0.0913. The van der Waals surface area contributed by atoms with Gasteiger partial charge in [-0.2, -0.15) is 5.10 Å². The lowest BCUT2D eigenvalue weighted by molar-refractivity contribution is 0.00921. The Hall–Kier alpha value is -3.72. The molecule has 186 valence electrons. The molecule has 1 N–H and O–H groups in total. The fourth-order valence-electron chi connectivity index (χ4n) is 4.26. The molecule has 0 bridgehead atoms. The van der Waals surface area contributed by atoms with Crippen molar-refractivity contribution in [1.29, 1.82) is 0 Å². The number of fused-ring (bicyclic) bond motifs is 1. The lowest BCUT2D eigenvalue weighted by atomic mass is 9.97. The number of aromatic nitrogens is 1. The van der Waals surface area contributed by atoms with Gasteiger partial charge in [0, 0.05) is 38.7 Å². The van der Waals surface area contributed by atoms with Gasteiger partial charge in [-0.25, -0.2) is 9.78 Å². The van der Waals surface area contributed by atoms with E-state index in [1.54, 1.807) is 47.6 Å². The summed E-state index contributed by atoms with van der Waals surface area (Å²) < 4.78 is 11.6. The molecule has 2 aliphatic heterocycles. The number of cyclic esters (lactones) is 1. The molecule has 1 aromatic carbocycles. The van der Waals surface area contributed by atoms with Crippen LogP contribution in [0.5, 0.6) is 5.88 Å². The first-order valence-corrected chi connectivity index (χ1v) is 11.4. The molecule has 1 fully saturated rings. The topological polar surface area (TPSA) is 105 Å². The number of piperidine rings is 1. The molecule has 1 amide bonds. The summed E-state index contributed by atoms with van der Waals surface area (Å²) in [7, 11) is 2.79. The number of aliphatic hydroxyl groups excluding tert-OH is 1. The second-order valence-electron chi connectivity index (χ2n) is 8.61. The van der Waals surface area contributed by atoms with Gasteiger partial charge in [-0.1, -0.05) is 18.7 Å². The van der Waals surface area contributed by atoms with Crippen molar-refractivity contribution in [2.45, 2.75) is 38.4 Å². The molecule has 0 radical (unpaired) electrons. The average Bonchev–Trinajstić information content (AvgIpc) is 3.12. The number of aliphatic hydroxyl groups is 1. The van der Waals surface area contributed by atoms with Crippen LogP contribution in [0.4, 0.5) is 5.69 Å². The third-order valence-corrected chi connectivity index (χ3v) is 5.89. The van der Waals surface area contributed by atoms with Crippen LogP contribution in [-0.4, -0.2) is 66.4 Å². The summed E-state index contributed by atoms with van der Waals surface area (Å²) in [5.41, 5.74) is 1.68. The molecule has 0 spiro atoms. The molecular formula is C26H32N4O5. The largest absolute Gasteiger partial charge is 0.472 e. The standard InChI is InChI=1S/C25H28N4O4.CH4O/c1-5-13-27-28(4)20-11-7-6-10-18(20)23(30)29-15-8-9-17(16-29)32-22-21-19(12-14-26-22)25(2,3)33-24(21)31;1-2/h5-7,10-14,17H,1,8-9,15-16H2,2-4H3;2H,1H3/b27-13-;. The summed E-state index contributed by atoms with van der Waals surface area (Å²) in [5, 5.41) is 12.9. The van der Waals surface area contributed by atoms with Crippen LogP contribution in [0, 0.1) is 0 Å². The summed E-state index contributed by atoms with van der Waals surface area (Å²) in [5.74, 6) is -0.258. The van der Waals surface area contributed by atoms with Gasteiger partial charge in [0.05, 0.1) is 17.8 Å². The Labute approximate surface area is 205 Å². The highest BCUT2D eigenvalue weighted by molar-refractivity contribution is 6.00. The van der Waals surface area contributed by atoms with Crippen LogP contribution in [0.2, 0.25) is 0 Å². The van der Waals surface area contributed by atoms with Crippen molar-refractivity contribution in [3.63, 3.8) is 0 Å². The number of amides is 1. The van der Waals surface area contributed by atoms with Crippen LogP contribution in [0.1, 0.15) is 53.0 Å². The molecule has 1 atom stereocenters. The summed E-state index contributed by atoms with van der Waals surface area (Å²) in [6, 6.07) is 9.15. The first-order chi connectivity index (χ1) is 16.8. The molecule has 9 heteroatoms. The van der Waals surface area contributed by atoms with E-state index in [1.807, 2.05) is 32.0 Å². The number of rotatable bonds is 6. The van der Waals surface area contributed by atoms with Gasteiger partial charge >= 0.3 is 5.97 Å². The number of para-hydroxylation sites is 1. The fraction of sp³-hybridized carbons (Fsp3) is 0.385. The minimum Gasteiger partial charge on any atom is -0.472 e. The number of nitrogens with zero attached hydrogens (tertiary/aromatic N) is 4. The van der Waals surface area contributed by atoms with Gasteiger partial charge in [0.15, 0.2) is 0 Å². The van der Waals surface area contributed by atoms with E-state index in [9.17, 15) is 9.59 Å². The van der Waals surface area contributed by atoms with Gasteiger partial charge in [-0.3, -0.25) is 9.80 Å². The van der Waals surface area contributed by atoms with Gasteiger partial charge in [-0.05, 0) is 51.0 Å². The molecule has 2 aromatic rings. The number of carbonyl (C=O) groups excluding carboxylic acids is 2. The lowest BCUT2D eigenvalue weighted by Gasteiger charge is -2.33. The second-order valence-corrected chi connectivity index (χ2v) is 8.61. The quantitative estimate of drug-likeness (QED) is 0.384. The van der Waals surface area contributed by atoms with Crippen LogP contribution < -0.4 is 9.75 Å². The Morgan fingerprint density at radius 1 is 1.34 bits per heavy atom. The first kappa shape index (κ1) is 25.9. The third kappa shape index (κ3) is 5.51. The number of likely N-dealkylation sites (tertiary alicyclic amines) is 1. The third-order valence-electron chi connectivity index (χ3n) is 5.89. The van der Waals surface area contributed by atoms with Gasteiger partial charge < -0.3 is 19.5 Å². The second kappa shape index (κ2) is 11.1. The van der Waals surface area contributed by atoms with Crippen molar-refractivity contribution in [3.8, 4) is 5.88 Å². The molecule has 0 saturated carbocycles. The minimum atomic E-state index is -0.716. The molecular weight excluding hydrogens is 448 g/mol. The monoisotopic (exact) mass is 480 g/mol. The Balaban J connectivity index is 0.00000167. The normalized spacial score (nSPS) is 18.3. The van der Waals surface area contributed by atoms with Crippen molar-refractivity contribution < 1.29 is 24.2 Å². The number of allylic oxidation sites excluding steroid dienone is 1. The van der Waals surface area contributed by atoms with Crippen molar-refractivity contribution in [3.05, 3.63) is 65.9 Å². The summed E-state index contributed by atoms with van der Waals surface area (Å²) in [6.07, 6.45) is 6.05. The van der Waals surface area contributed by atoms with E-state index < -0.39 is 11.6 Å². The summed E-state index contributed by atoms with van der Waals surface area (Å²) in [4.78, 5) is 31.9. The van der Waals surface area contributed by atoms with Gasteiger partial charge in [0.2, 0.25) is 5.88 Å². The molecule has 0 aliphatic carbocycles. The molecule has 4 rings (SSSR count). The van der Waals surface area contributed by atoms with Gasteiger partial charge in [0.1, 0.15) is 17.3 Å². The number of benzene rings is 1. The zero-order valence-electron chi connectivity index (χ0n) is 20.6. The number of anilines is 1. The smallest absolute Gasteiger partial charge is 0.344 e. The Morgan fingerprint density at radius 3 is 2.83 bits per heavy atom. The van der Waals surface area contributed by atoms with Crippen LogP contribution in [-0.2, 0) is 10.3 Å². The van der Waals surface area contributed by atoms with E-state index in [0.717, 1.165) is 25.5 Å². The highest BCUT2D eigenvalue weighted by atomic mass is 16.6. The SMILES string of the molecule is C=C/C=N\N(C)c1ccccc1C(=O)N1CCCC(Oc2nccc3c2C(=O)OC3(C)C)C1.CO. The van der Waals surface area contributed by atoms with Crippen molar-refractivity contribution in [2.24, 2.45) is 5.10 Å². The number of hydrazone groups is 1. The number of esters is 1. The van der Waals surface area contributed by atoms with Crippen molar-refractivity contribution in [2.75, 3.05) is 32.3 Å². The van der Waals surface area contributed by atoms with E-state index >= 15 is 0 Å². The van der Waals surface area contributed by atoms with Crippen LogP contribution in [0.25, 0.3) is 0 Å². The predicted octanol–water partition coefficient (Wildman–Crippen LogP) is 3.39. The molecule has 2 aliphatic rings. The number of pyridine rings is 1. The first-order valence-electron chi connectivity index (χ1n) is 11.4.